The van der Waals surface area contributed by atoms with Gasteiger partial charge in [-0.2, -0.15) is 0 Å². The minimum Gasteiger partial charge on any atom is -0.0856 e. The molecule has 0 atom stereocenters. The molecular formula is C19H34. The summed E-state index contributed by atoms with van der Waals surface area (Å²) in [7, 11) is 0. The molecule has 0 aromatic rings. The zero-order valence-electron chi connectivity index (χ0n) is 14.1. The van der Waals surface area contributed by atoms with E-state index in [1.54, 1.807) is 5.57 Å². The second-order valence-electron chi connectivity index (χ2n) is 6.43. The van der Waals surface area contributed by atoms with Crippen molar-refractivity contribution in [1.29, 1.82) is 0 Å². The van der Waals surface area contributed by atoms with Gasteiger partial charge in [0.15, 0.2) is 0 Å². The highest BCUT2D eigenvalue weighted by Gasteiger charge is 1.94. The van der Waals surface area contributed by atoms with Crippen LogP contribution in [0.2, 0.25) is 0 Å². The van der Waals surface area contributed by atoms with Gasteiger partial charge in [0.1, 0.15) is 0 Å². The second kappa shape index (κ2) is 11.1. The molecule has 0 unspecified atom stereocenters. The molecule has 0 heterocycles. The van der Waals surface area contributed by atoms with Gasteiger partial charge in [-0.1, -0.05) is 48.8 Å². The molecule has 0 aliphatic heterocycles. The average Bonchev–Trinajstić information content (AvgIpc) is 2.27. The van der Waals surface area contributed by atoms with Gasteiger partial charge in [0.2, 0.25) is 0 Å². The van der Waals surface area contributed by atoms with Crippen LogP contribution in [0.25, 0.3) is 0 Å². The molecule has 0 nitrogen and oxygen atoms in total. The Kier molecular flexibility index (Phi) is 10.6. The van der Waals surface area contributed by atoms with Crippen LogP contribution in [0, 0.1) is 5.92 Å². The fraction of sp³-hybridized carbons (Fsp3) is 0.684. The number of allylic oxidation sites excluding steroid dienone is 6. The first kappa shape index (κ1) is 18.2. The average molecular weight is 262 g/mol. The number of rotatable bonds is 9. The molecule has 0 amide bonds. The van der Waals surface area contributed by atoms with E-state index in [9.17, 15) is 0 Å². The van der Waals surface area contributed by atoms with E-state index in [0.29, 0.717) is 0 Å². The summed E-state index contributed by atoms with van der Waals surface area (Å²) in [5.74, 6) is 0.821. The molecule has 19 heavy (non-hydrogen) atoms. The molecule has 0 spiro atoms. The van der Waals surface area contributed by atoms with Crippen molar-refractivity contribution in [2.45, 2.75) is 80.1 Å². The van der Waals surface area contributed by atoms with Crippen LogP contribution < -0.4 is 0 Å². The lowest BCUT2D eigenvalue weighted by Gasteiger charge is -2.03. The molecule has 0 saturated carbocycles. The van der Waals surface area contributed by atoms with Crippen LogP contribution in [0.3, 0.4) is 0 Å². The first-order valence-corrected chi connectivity index (χ1v) is 7.86. The van der Waals surface area contributed by atoms with Crippen LogP contribution in [0.1, 0.15) is 80.1 Å². The fourth-order valence-electron chi connectivity index (χ4n) is 2.00. The van der Waals surface area contributed by atoms with Crippen molar-refractivity contribution in [2.75, 3.05) is 0 Å². The lowest BCUT2D eigenvalue weighted by molar-refractivity contribution is 0.592. The van der Waals surface area contributed by atoms with Gasteiger partial charge in [-0.25, -0.2) is 0 Å². The topological polar surface area (TPSA) is 0 Å². The summed E-state index contributed by atoms with van der Waals surface area (Å²) >= 11 is 0. The zero-order valence-corrected chi connectivity index (χ0v) is 14.1. The molecule has 0 aromatic carbocycles. The first-order chi connectivity index (χ1) is 8.91. The van der Waals surface area contributed by atoms with E-state index in [0.717, 1.165) is 5.92 Å². The molecular weight excluding hydrogens is 228 g/mol. The SMILES string of the molecule is CC(C)=CCC/C(C)=C/CC/C(C)=C/CCC(C)C. The minimum absolute atomic E-state index is 0.821. The van der Waals surface area contributed by atoms with E-state index in [1.807, 2.05) is 0 Å². The lowest BCUT2D eigenvalue weighted by atomic mass is 10.0. The molecule has 0 aliphatic rings. The molecule has 0 N–H and O–H groups in total. The summed E-state index contributed by atoms with van der Waals surface area (Å²) in [6, 6.07) is 0. The van der Waals surface area contributed by atoms with Gasteiger partial charge < -0.3 is 0 Å². The molecule has 0 heteroatoms. The summed E-state index contributed by atoms with van der Waals surface area (Å²) in [5.41, 5.74) is 4.51. The monoisotopic (exact) mass is 262 g/mol. The van der Waals surface area contributed by atoms with E-state index < -0.39 is 0 Å². The van der Waals surface area contributed by atoms with Crippen molar-refractivity contribution < 1.29 is 0 Å². The van der Waals surface area contributed by atoms with E-state index >= 15 is 0 Å². The van der Waals surface area contributed by atoms with Gasteiger partial charge in [-0.3, -0.25) is 0 Å². The van der Waals surface area contributed by atoms with Crippen LogP contribution in [0.5, 0.6) is 0 Å². The maximum atomic E-state index is 2.42. The molecule has 0 aliphatic carbocycles. The predicted octanol–water partition coefficient (Wildman–Crippen LogP) is 6.84. The van der Waals surface area contributed by atoms with E-state index in [4.69, 9.17) is 0 Å². The summed E-state index contributed by atoms with van der Waals surface area (Å²) in [6.07, 6.45) is 14.5. The van der Waals surface area contributed by atoms with Crippen molar-refractivity contribution >= 4 is 0 Å². The third kappa shape index (κ3) is 13.5. The fourth-order valence-corrected chi connectivity index (χ4v) is 2.00. The molecule has 0 aromatic heterocycles. The van der Waals surface area contributed by atoms with Gasteiger partial charge in [-0.15, -0.1) is 0 Å². The smallest absolute Gasteiger partial charge is 0.0288 e. The number of hydrogen-bond acceptors (Lipinski definition) is 0. The van der Waals surface area contributed by atoms with E-state index in [2.05, 4.69) is 59.8 Å². The van der Waals surface area contributed by atoms with Crippen LogP contribution in [0.4, 0.5) is 0 Å². The van der Waals surface area contributed by atoms with Gasteiger partial charge in [0.05, 0.1) is 0 Å². The summed E-state index contributed by atoms with van der Waals surface area (Å²) in [4.78, 5) is 0. The standard InChI is InChI=1S/C19H34/c1-16(2)10-7-12-18(5)14-9-15-19(6)13-8-11-17(3)4/h10,13-14,17H,7-9,11-12,15H2,1-6H3/b18-14+,19-13+. The quantitative estimate of drug-likeness (QED) is 0.399. The highest BCUT2D eigenvalue weighted by atomic mass is 14.0. The first-order valence-electron chi connectivity index (χ1n) is 7.86. The van der Waals surface area contributed by atoms with Crippen molar-refractivity contribution in [1.82, 2.24) is 0 Å². The summed E-state index contributed by atoms with van der Waals surface area (Å²) in [6.45, 7) is 13.5. The van der Waals surface area contributed by atoms with Gasteiger partial charge >= 0.3 is 0 Å². The third-order valence-electron chi connectivity index (χ3n) is 3.36. The van der Waals surface area contributed by atoms with Crippen LogP contribution >= 0.6 is 0 Å². The second-order valence-corrected chi connectivity index (χ2v) is 6.43. The van der Waals surface area contributed by atoms with Crippen LogP contribution in [0.15, 0.2) is 34.9 Å². The predicted molar refractivity (Wildman–Crippen MR) is 89.5 cm³/mol. The Morgan fingerprint density at radius 1 is 0.737 bits per heavy atom. The summed E-state index contributed by atoms with van der Waals surface area (Å²) in [5, 5.41) is 0. The number of hydrogen-bond donors (Lipinski definition) is 0. The van der Waals surface area contributed by atoms with Crippen LogP contribution in [-0.4, -0.2) is 0 Å². The molecule has 0 saturated heterocycles. The zero-order chi connectivity index (χ0) is 14.7. The third-order valence-corrected chi connectivity index (χ3v) is 3.36. The highest BCUT2D eigenvalue weighted by molar-refractivity contribution is 5.05. The van der Waals surface area contributed by atoms with E-state index in [-0.39, 0.29) is 0 Å². The highest BCUT2D eigenvalue weighted by Crippen LogP contribution is 2.13. The van der Waals surface area contributed by atoms with Gasteiger partial charge in [0.25, 0.3) is 0 Å². The Hall–Kier alpha value is -0.780. The van der Waals surface area contributed by atoms with Crippen molar-refractivity contribution in [3.8, 4) is 0 Å². The Balaban J connectivity index is 3.83. The lowest BCUT2D eigenvalue weighted by Crippen LogP contribution is -1.85. The molecule has 0 bridgehead atoms. The van der Waals surface area contributed by atoms with Crippen LogP contribution in [-0.2, 0) is 0 Å². The molecule has 0 rings (SSSR count). The van der Waals surface area contributed by atoms with Crippen molar-refractivity contribution in [3.63, 3.8) is 0 Å². The van der Waals surface area contributed by atoms with Crippen molar-refractivity contribution in [3.05, 3.63) is 34.9 Å². The van der Waals surface area contributed by atoms with Gasteiger partial charge in [0, 0.05) is 0 Å². The Morgan fingerprint density at radius 2 is 1.21 bits per heavy atom. The maximum Gasteiger partial charge on any atom is -0.0288 e. The summed E-state index contributed by atoms with van der Waals surface area (Å²) < 4.78 is 0. The molecule has 0 fully saturated rings. The normalized spacial score (nSPS) is 13.0. The largest absolute Gasteiger partial charge is 0.0856 e. The maximum absolute atomic E-state index is 2.42. The minimum atomic E-state index is 0.821. The van der Waals surface area contributed by atoms with E-state index in [1.165, 1.54) is 49.7 Å². The Bertz CT molecular complexity index is 309. The molecule has 110 valence electrons. The van der Waals surface area contributed by atoms with Gasteiger partial charge in [-0.05, 0) is 72.1 Å². The Morgan fingerprint density at radius 3 is 1.68 bits per heavy atom. The molecule has 0 radical (unpaired) electrons. The Labute approximate surface area is 121 Å². The van der Waals surface area contributed by atoms with Crippen molar-refractivity contribution in [2.24, 2.45) is 5.92 Å².